The third-order valence-corrected chi connectivity index (χ3v) is 5.07. The number of benzene rings is 2. The Kier molecular flexibility index (Phi) is 4.69. The van der Waals surface area contributed by atoms with Gasteiger partial charge in [0.05, 0.1) is 10.9 Å². The molecular formula is C22H22N4O2. The highest BCUT2D eigenvalue weighted by Crippen LogP contribution is 2.15. The molecule has 0 aliphatic carbocycles. The Morgan fingerprint density at radius 2 is 1.71 bits per heavy atom. The van der Waals surface area contributed by atoms with Crippen molar-refractivity contribution >= 4 is 21.9 Å². The number of aromatic nitrogens is 3. The molecular weight excluding hydrogens is 352 g/mol. The van der Waals surface area contributed by atoms with Crippen molar-refractivity contribution < 1.29 is 0 Å². The summed E-state index contributed by atoms with van der Waals surface area (Å²) < 4.78 is 3.07. The monoisotopic (exact) mass is 374 g/mol. The van der Waals surface area contributed by atoms with Crippen LogP contribution in [0.3, 0.4) is 0 Å². The molecule has 142 valence electrons. The Hall–Kier alpha value is -3.41. The second-order valence-electron chi connectivity index (χ2n) is 6.75. The fourth-order valence-electron chi connectivity index (χ4n) is 3.62. The molecule has 4 aromatic rings. The van der Waals surface area contributed by atoms with Gasteiger partial charge in [-0.1, -0.05) is 48.5 Å². The highest BCUT2D eigenvalue weighted by molar-refractivity contribution is 5.91. The lowest BCUT2D eigenvalue weighted by Crippen LogP contribution is -2.36. The first-order valence-electron chi connectivity index (χ1n) is 9.40. The van der Waals surface area contributed by atoms with Crippen LogP contribution < -0.4 is 16.6 Å². The number of hydrogen-bond acceptors (Lipinski definition) is 3. The van der Waals surface area contributed by atoms with Crippen LogP contribution >= 0.6 is 0 Å². The van der Waals surface area contributed by atoms with E-state index in [0.717, 1.165) is 21.9 Å². The van der Waals surface area contributed by atoms with Crippen molar-refractivity contribution in [2.75, 3.05) is 6.54 Å². The molecule has 0 aliphatic rings. The largest absolute Gasteiger partial charge is 0.329 e. The quantitative estimate of drug-likeness (QED) is 0.557. The molecule has 0 saturated heterocycles. The number of para-hydroxylation sites is 1. The van der Waals surface area contributed by atoms with Crippen LogP contribution in [0.25, 0.3) is 21.9 Å². The van der Waals surface area contributed by atoms with Gasteiger partial charge in [-0.2, -0.15) is 0 Å². The molecule has 0 aliphatic heterocycles. The van der Waals surface area contributed by atoms with E-state index in [1.54, 1.807) is 0 Å². The minimum Gasteiger partial charge on any atom is -0.327 e. The van der Waals surface area contributed by atoms with E-state index in [2.05, 4.69) is 17.1 Å². The molecule has 0 saturated carbocycles. The molecule has 0 atom stereocenters. The first-order valence-corrected chi connectivity index (χ1v) is 9.40. The van der Waals surface area contributed by atoms with Gasteiger partial charge in [0.1, 0.15) is 11.0 Å². The third-order valence-electron chi connectivity index (χ3n) is 5.07. The standard InChI is InChI=1S/C22H22N4O2/c1-3-26-17-12-8-7-11-16(17)19(23-14-13-15-9-5-4-6-10-15)18-20(26)24-22(28)25(2)21(18)27/h4-12H,3,13-14H2,1-2H3,(H,24,28). The first kappa shape index (κ1) is 18.0. The molecule has 0 fully saturated rings. The number of hydrogen-bond donors (Lipinski definition) is 1. The Labute approximate surface area is 161 Å². The Morgan fingerprint density at radius 1 is 1.00 bits per heavy atom. The summed E-state index contributed by atoms with van der Waals surface area (Å²) in [5.74, 6) is 0. The van der Waals surface area contributed by atoms with Gasteiger partial charge in [0.25, 0.3) is 5.56 Å². The maximum absolute atomic E-state index is 13.0. The van der Waals surface area contributed by atoms with E-state index < -0.39 is 5.69 Å². The molecule has 6 heteroatoms. The molecule has 0 amide bonds. The van der Waals surface area contributed by atoms with Gasteiger partial charge in [-0.15, -0.1) is 0 Å². The average Bonchev–Trinajstić information content (AvgIpc) is 2.72. The van der Waals surface area contributed by atoms with Crippen molar-refractivity contribution in [2.24, 2.45) is 12.0 Å². The smallest absolute Gasteiger partial charge is 0.327 e. The summed E-state index contributed by atoms with van der Waals surface area (Å²) in [4.78, 5) is 32.9. The van der Waals surface area contributed by atoms with Gasteiger partial charge in [0.15, 0.2) is 0 Å². The molecule has 2 aromatic heterocycles. The summed E-state index contributed by atoms with van der Waals surface area (Å²) in [5.41, 5.74) is 1.91. The number of aromatic amines is 1. The number of pyridine rings is 1. The molecule has 0 spiro atoms. The third kappa shape index (κ3) is 2.97. The summed E-state index contributed by atoms with van der Waals surface area (Å²) in [5, 5.41) is 2.01. The number of nitrogens with one attached hydrogen (secondary N) is 1. The maximum Gasteiger partial charge on any atom is 0.329 e. The predicted molar refractivity (Wildman–Crippen MR) is 112 cm³/mol. The van der Waals surface area contributed by atoms with E-state index in [1.807, 2.05) is 54.0 Å². The summed E-state index contributed by atoms with van der Waals surface area (Å²) in [7, 11) is 1.49. The minimum absolute atomic E-state index is 0.329. The number of fused-ring (bicyclic) bond motifs is 2. The Morgan fingerprint density at radius 3 is 2.46 bits per heavy atom. The number of aryl methyl sites for hydroxylation is 1. The van der Waals surface area contributed by atoms with E-state index in [-0.39, 0.29) is 5.56 Å². The zero-order valence-electron chi connectivity index (χ0n) is 16.0. The SMILES string of the molecule is CCn1c2ccccc2c(=NCCc2ccccc2)c2c(=O)n(C)c(=O)[nH]c21. The lowest BCUT2D eigenvalue weighted by atomic mass is 10.1. The van der Waals surface area contributed by atoms with Crippen LogP contribution in [0.2, 0.25) is 0 Å². The summed E-state index contributed by atoms with van der Waals surface area (Å²) in [6, 6.07) is 18.0. The zero-order chi connectivity index (χ0) is 19.7. The van der Waals surface area contributed by atoms with Gasteiger partial charge in [0.2, 0.25) is 0 Å². The van der Waals surface area contributed by atoms with Crippen LogP contribution in [0.1, 0.15) is 12.5 Å². The molecule has 2 heterocycles. The van der Waals surface area contributed by atoms with Crippen LogP contribution in [-0.4, -0.2) is 20.7 Å². The summed E-state index contributed by atoms with van der Waals surface area (Å²) >= 11 is 0. The van der Waals surface area contributed by atoms with Crippen molar-refractivity contribution in [3.05, 3.63) is 86.4 Å². The molecule has 4 rings (SSSR count). The summed E-state index contributed by atoms with van der Waals surface area (Å²) in [6.07, 6.45) is 0.781. The topological polar surface area (TPSA) is 72.2 Å². The van der Waals surface area contributed by atoms with E-state index in [0.29, 0.717) is 29.5 Å². The first-order chi connectivity index (χ1) is 13.6. The van der Waals surface area contributed by atoms with Crippen LogP contribution in [-0.2, 0) is 20.0 Å². The van der Waals surface area contributed by atoms with E-state index in [1.165, 1.54) is 12.6 Å². The molecule has 1 N–H and O–H groups in total. The normalized spacial score (nSPS) is 12.1. The highest BCUT2D eigenvalue weighted by atomic mass is 16.2. The predicted octanol–water partition coefficient (Wildman–Crippen LogP) is 2.34. The molecule has 0 bridgehead atoms. The van der Waals surface area contributed by atoms with E-state index >= 15 is 0 Å². The molecule has 0 radical (unpaired) electrons. The lowest BCUT2D eigenvalue weighted by molar-refractivity contribution is 0.758. The number of H-pyrrole nitrogens is 1. The average molecular weight is 374 g/mol. The summed E-state index contributed by atoms with van der Waals surface area (Å²) in [6.45, 7) is 3.18. The van der Waals surface area contributed by atoms with Crippen LogP contribution in [0.5, 0.6) is 0 Å². The Bertz CT molecular complexity index is 1340. The fourth-order valence-corrected chi connectivity index (χ4v) is 3.62. The minimum atomic E-state index is -0.426. The molecule has 6 nitrogen and oxygen atoms in total. The molecule has 2 aromatic carbocycles. The van der Waals surface area contributed by atoms with Gasteiger partial charge >= 0.3 is 5.69 Å². The van der Waals surface area contributed by atoms with E-state index in [9.17, 15) is 9.59 Å². The zero-order valence-corrected chi connectivity index (χ0v) is 16.0. The van der Waals surface area contributed by atoms with Crippen molar-refractivity contribution in [1.82, 2.24) is 14.1 Å². The second-order valence-corrected chi connectivity index (χ2v) is 6.75. The van der Waals surface area contributed by atoms with Crippen molar-refractivity contribution in [3.63, 3.8) is 0 Å². The van der Waals surface area contributed by atoms with E-state index in [4.69, 9.17) is 4.99 Å². The second kappa shape index (κ2) is 7.31. The van der Waals surface area contributed by atoms with Crippen LogP contribution in [0.15, 0.2) is 69.2 Å². The van der Waals surface area contributed by atoms with Crippen LogP contribution in [0, 0.1) is 0 Å². The van der Waals surface area contributed by atoms with Crippen molar-refractivity contribution in [1.29, 1.82) is 0 Å². The lowest BCUT2D eigenvalue weighted by Gasteiger charge is -2.14. The fraction of sp³-hybridized carbons (Fsp3) is 0.227. The van der Waals surface area contributed by atoms with Gasteiger partial charge < -0.3 is 4.57 Å². The van der Waals surface area contributed by atoms with Crippen molar-refractivity contribution in [3.8, 4) is 0 Å². The number of nitrogens with zero attached hydrogens (tertiary/aromatic N) is 3. The van der Waals surface area contributed by atoms with Crippen molar-refractivity contribution in [2.45, 2.75) is 19.9 Å². The maximum atomic E-state index is 13.0. The van der Waals surface area contributed by atoms with Gasteiger partial charge in [-0.25, -0.2) is 4.79 Å². The molecule has 28 heavy (non-hydrogen) atoms. The van der Waals surface area contributed by atoms with Crippen LogP contribution in [0.4, 0.5) is 0 Å². The van der Waals surface area contributed by atoms with Gasteiger partial charge in [0, 0.05) is 25.5 Å². The highest BCUT2D eigenvalue weighted by Gasteiger charge is 2.14. The van der Waals surface area contributed by atoms with Gasteiger partial charge in [-0.05, 0) is 25.0 Å². The Balaban J connectivity index is 2.05. The molecule has 0 unspecified atom stereocenters. The van der Waals surface area contributed by atoms with Gasteiger partial charge in [-0.3, -0.25) is 19.3 Å². The number of rotatable bonds is 4.